The highest BCUT2D eigenvalue weighted by Crippen LogP contribution is 2.28. The monoisotopic (exact) mass is 277 g/mol. The van der Waals surface area contributed by atoms with Gasteiger partial charge in [-0.1, -0.05) is 6.92 Å². The molecule has 4 atom stereocenters. The fraction of sp³-hybridized carbons (Fsp3) is 0.923. The van der Waals surface area contributed by atoms with E-state index in [0.717, 1.165) is 0 Å². The SMILES string of the molecule is [2H]CC(OCC1COC(C)(CCC(=O)O)O1)C(O)CC. The molecule has 1 rings (SSSR count). The zero-order chi connectivity index (χ0) is 15.2. The summed E-state index contributed by atoms with van der Waals surface area (Å²) in [4.78, 5) is 10.6. The van der Waals surface area contributed by atoms with Crippen molar-refractivity contribution in [3.05, 3.63) is 0 Å². The zero-order valence-electron chi connectivity index (χ0n) is 12.5. The van der Waals surface area contributed by atoms with Crippen LogP contribution in [0.1, 0.15) is 41.4 Å². The summed E-state index contributed by atoms with van der Waals surface area (Å²) in [5.74, 6) is -1.79. The van der Waals surface area contributed by atoms with E-state index in [1.54, 1.807) is 6.92 Å². The molecular formula is C13H24O6. The maximum absolute atomic E-state index is 10.6. The molecule has 1 saturated heterocycles. The molecule has 1 fully saturated rings. The Bertz CT molecular complexity index is 313. The van der Waals surface area contributed by atoms with Crippen LogP contribution in [0.4, 0.5) is 0 Å². The van der Waals surface area contributed by atoms with Crippen molar-refractivity contribution >= 4 is 5.97 Å². The number of aliphatic hydroxyl groups is 1. The summed E-state index contributed by atoms with van der Waals surface area (Å²) in [6, 6.07) is 0. The third-order valence-electron chi connectivity index (χ3n) is 3.13. The lowest BCUT2D eigenvalue weighted by Crippen LogP contribution is -2.32. The molecule has 6 nitrogen and oxygen atoms in total. The van der Waals surface area contributed by atoms with Crippen LogP contribution >= 0.6 is 0 Å². The molecule has 0 aromatic rings. The van der Waals surface area contributed by atoms with Crippen LogP contribution in [0, 0.1) is 0 Å². The Kier molecular flexibility index (Phi) is 5.57. The lowest BCUT2D eigenvalue weighted by Gasteiger charge is -2.23. The summed E-state index contributed by atoms with van der Waals surface area (Å²) in [5, 5.41) is 18.3. The smallest absolute Gasteiger partial charge is 0.303 e. The Morgan fingerprint density at radius 2 is 2.42 bits per heavy atom. The van der Waals surface area contributed by atoms with Gasteiger partial charge in [0.1, 0.15) is 6.10 Å². The second-order valence-electron chi connectivity index (χ2n) is 4.93. The summed E-state index contributed by atoms with van der Waals surface area (Å²) in [6.45, 7) is 4.07. The van der Waals surface area contributed by atoms with Crippen LogP contribution < -0.4 is 0 Å². The van der Waals surface area contributed by atoms with E-state index in [9.17, 15) is 9.90 Å². The Morgan fingerprint density at radius 1 is 1.68 bits per heavy atom. The molecule has 112 valence electrons. The molecule has 0 saturated carbocycles. The Balaban J connectivity index is 2.35. The molecule has 0 radical (unpaired) electrons. The van der Waals surface area contributed by atoms with E-state index in [2.05, 4.69) is 0 Å². The predicted molar refractivity (Wildman–Crippen MR) is 67.8 cm³/mol. The summed E-state index contributed by atoms with van der Waals surface area (Å²) >= 11 is 0. The van der Waals surface area contributed by atoms with E-state index >= 15 is 0 Å². The predicted octanol–water partition coefficient (Wildman–Crippen LogP) is 1.16. The van der Waals surface area contributed by atoms with Gasteiger partial charge in [-0.25, -0.2) is 0 Å². The molecule has 0 spiro atoms. The first-order valence-electron chi connectivity index (χ1n) is 7.23. The van der Waals surface area contributed by atoms with E-state index < -0.39 is 24.0 Å². The Hall–Kier alpha value is -0.690. The van der Waals surface area contributed by atoms with Crippen molar-refractivity contribution in [3.63, 3.8) is 0 Å². The number of carbonyl (C=O) groups is 1. The van der Waals surface area contributed by atoms with Crippen LogP contribution in [-0.2, 0) is 19.0 Å². The van der Waals surface area contributed by atoms with Gasteiger partial charge in [0.2, 0.25) is 0 Å². The summed E-state index contributed by atoms with van der Waals surface area (Å²) < 4.78 is 24.0. The van der Waals surface area contributed by atoms with Gasteiger partial charge in [-0.05, 0) is 20.2 Å². The highest BCUT2D eigenvalue weighted by atomic mass is 16.7. The highest BCUT2D eigenvalue weighted by molar-refractivity contribution is 5.66. The van der Waals surface area contributed by atoms with Crippen LogP contribution in [0.5, 0.6) is 0 Å². The van der Waals surface area contributed by atoms with Crippen molar-refractivity contribution in [1.29, 1.82) is 0 Å². The van der Waals surface area contributed by atoms with E-state index in [4.69, 9.17) is 20.7 Å². The number of hydrogen-bond donors (Lipinski definition) is 2. The topological polar surface area (TPSA) is 85.2 Å². The quantitative estimate of drug-likeness (QED) is 0.692. The zero-order valence-corrected chi connectivity index (χ0v) is 11.5. The van der Waals surface area contributed by atoms with Gasteiger partial charge in [0.15, 0.2) is 5.79 Å². The van der Waals surface area contributed by atoms with Crippen LogP contribution in [-0.4, -0.2) is 53.5 Å². The minimum Gasteiger partial charge on any atom is -0.481 e. The van der Waals surface area contributed by atoms with E-state index in [1.807, 2.05) is 6.92 Å². The lowest BCUT2D eigenvalue weighted by atomic mass is 10.2. The molecule has 2 N–H and O–H groups in total. The van der Waals surface area contributed by atoms with Gasteiger partial charge >= 0.3 is 5.97 Å². The molecule has 4 unspecified atom stereocenters. The highest BCUT2D eigenvalue weighted by Gasteiger charge is 2.37. The standard InChI is InChI=1S/C13H24O6/c1-4-11(14)9(2)17-7-10-8-18-13(3,19-10)6-5-12(15)16/h9-11,14H,4-8H2,1-3H3,(H,15,16)/i2D. The van der Waals surface area contributed by atoms with Gasteiger partial charge in [-0.2, -0.15) is 0 Å². The van der Waals surface area contributed by atoms with Crippen molar-refractivity contribution in [2.75, 3.05) is 13.2 Å². The first kappa shape index (κ1) is 14.7. The van der Waals surface area contributed by atoms with Crippen molar-refractivity contribution in [3.8, 4) is 0 Å². The van der Waals surface area contributed by atoms with Crippen LogP contribution in [0.2, 0.25) is 0 Å². The third-order valence-corrected chi connectivity index (χ3v) is 3.13. The normalized spacial score (nSPS) is 30.9. The van der Waals surface area contributed by atoms with Crippen molar-refractivity contribution < 1.29 is 30.6 Å². The summed E-state index contributed by atoms with van der Waals surface area (Å²) in [6.07, 6.45) is -0.705. The van der Waals surface area contributed by atoms with E-state index in [1.165, 1.54) is 0 Å². The van der Waals surface area contributed by atoms with Gasteiger partial charge in [0.25, 0.3) is 0 Å². The average Bonchev–Trinajstić information content (AvgIpc) is 2.79. The second kappa shape index (κ2) is 7.19. The summed E-state index contributed by atoms with van der Waals surface area (Å²) in [7, 11) is 0. The summed E-state index contributed by atoms with van der Waals surface area (Å²) in [5.41, 5.74) is 0. The fourth-order valence-electron chi connectivity index (χ4n) is 1.84. The van der Waals surface area contributed by atoms with E-state index in [-0.39, 0.29) is 32.5 Å². The largest absolute Gasteiger partial charge is 0.481 e. The van der Waals surface area contributed by atoms with E-state index in [0.29, 0.717) is 13.0 Å². The molecule has 0 aromatic carbocycles. The van der Waals surface area contributed by atoms with Gasteiger partial charge in [-0.3, -0.25) is 4.79 Å². The van der Waals surface area contributed by atoms with Crippen molar-refractivity contribution in [2.24, 2.45) is 0 Å². The molecule has 0 amide bonds. The molecule has 1 heterocycles. The Morgan fingerprint density at radius 3 is 3.00 bits per heavy atom. The minimum atomic E-state index is -0.897. The molecule has 0 aliphatic carbocycles. The minimum absolute atomic E-state index is 0.0150. The maximum atomic E-state index is 10.6. The van der Waals surface area contributed by atoms with Gasteiger partial charge in [0.05, 0.1) is 31.8 Å². The van der Waals surface area contributed by atoms with Gasteiger partial charge < -0.3 is 24.4 Å². The molecule has 1 aliphatic rings. The molecular weight excluding hydrogens is 252 g/mol. The fourth-order valence-corrected chi connectivity index (χ4v) is 1.84. The van der Waals surface area contributed by atoms with Crippen molar-refractivity contribution in [1.82, 2.24) is 0 Å². The maximum Gasteiger partial charge on any atom is 0.303 e. The van der Waals surface area contributed by atoms with Gasteiger partial charge in [0, 0.05) is 7.79 Å². The van der Waals surface area contributed by atoms with Crippen LogP contribution in [0.15, 0.2) is 0 Å². The van der Waals surface area contributed by atoms with Crippen LogP contribution in [0.3, 0.4) is 0 Å². The number of carboxylic acids is 1. The molecule has 1 aliphatic heterocycles. The first-order chi connectivity index (χ1) is 9.40. The Labute approximate surface area is 115 Å². The number of aliphatic carboxylic acids is 1. The number of ether oxygens (including phenoxy) is 3. The number of rotatable bonds is 8. The number of hydrogen-bond acceptors (Lipinski definition) is 5. The molecule has 6 heteroatoms. The average molecular weight is 277 g/mol. The number of aliphatic hydroxyl groups excluding tert-OH is 1. The number of carboxylic acid groups (broad SMARTS) is 1. The molecule has 19 heavy (non-hydrogen) atoms. The molecule has 0 bridgehead atoms. The van der Waals surface area contributed by atoms with Crippen molar-refractivity contribution in [2.45, 2.75) is 64.1 Å². The van der Waals surface area contributed by atoms with Crippen LogP contribution in [0.25, 0.3) is 0 Å². The van der Waals surface area contributed by atoms with Gasteiger partial charge in [-0.15, -0.1) is 0 Å². The third kappa shape index (κ3) is 5.44. The molecule has 0 aromatic heterocycles. The lowest BCUT2D eigenvalue weighted by molar-refractivity contribution is -0.173. The first-order valence-corrected chi connectivity index (χ1v) is 6.52. The second-order valence-corrected chi connectivity index (χ2v) is 4.93.